The molecule has 3 nitrogen and oxygen atoms in total. The Morgan fingerprint density at radius 1 is 1.24 bits per heavy atom. The summed E-state index contributed by atoms with van der Waals surface area (Å²) in [4.78, 5) is 0. The van der Waals surface area contributed by atoms with Crippen molar-refractivity contribution in [2.24, 2.45) is 0 Å². The van der Waals surface area contributed by atoms with Gasteiger partial charge in [0.2, 0.25) is 0 Å². The van der Waals surface area contributed by atoms with Crippen LogP contribution in [-0.2, 0) is 0 Å². The summed E-state index contributed by atoms with van der Waals surface area (Å²) in [5, 5.41) is 3.10. The summed E-state index contributed by atoms with van der Waals surface area (Å²) in [5.41, 5.74) is 0.562. The first-order chi connectivity index (χ1) is 9.86. The Labute approximate surface area is 138 Å². The molecule has 2 aromatic rings. The van der Waals surface area contributed by atoms with Crippen LogP contribution in [0.5, 0.6) is 5.75 Å². The number of furan rings is 1. The lowest BCUT2D eigenvalue weighted by molar-refractivity contribution is -0.0497. The second-order valence-electron chi connectivity index (χ2n) is 4.16. The van der Waals surface area contributed by atoms with Gasteiger partial charge in [-0.25, -0.2) is 0 Å². The molecule has 0 spiro atoms. The van der Waals surface area contributed by atoms with Crippen molar-refractivity contribution in [2.75, 3.05) is 5.32 Å². The second kappa shape index (κ2) is 6.85. The molecule has 1 unspecified atom stereocenters. The second-order valence-corrected chi connectivity index (χ2v) is 5.75. The molecule has 0 saturated heterocycles. The highest BCUT2D eigenvalue weighted by Crippen LogP contribution is 2.38. The Morgan fingerprint density at radius 2 is 1.86 bits per heavy atom. The third kappa shape index (κ3) is 4.25. The maximum atomic E-state index is 12.2. The van der Waals surface area contributed by atoms with Gasteiger partial charge in [0, 0.05) is 5.69 Å². The van der Waals surface area contributed by atoms with E-state index in [4.69, 9.17) is 27.6 Å². The number of rotatable bonds is 5. The van der Waals surface area contributed by atoms with Gasteiger partial charge in [-0.1, -0.05) is 23.2 Å². The molecule has 1 heterocycles. The molecule has 0 amide bonds. The van der Waals surface area contributed by atoms with Crippen LogP contribution in [0.1, 0.15) is 18.7 Å². The molecule has 1 N–H and O–H groups in total. The minimum atomic E-state index is -2.99. The Kier molecular flexibility index (Phi) is 5.35. The maximum Gasteiger partial charge on any atom is 0.387 e. The van der Waals surface area contributed by atoms with E-state index < -0.39 is 6.61 Å². The van der Waals surface area contributed by atoms with E-state index in [1.165, 1.54) is 12.1 Å². The monoisotopic (exact) mass is 399 g/mol. The van der Waals surface area contributed by atoms with Crippen molar-refractivity contribution in [2.45, 2.75) is 19.6 Å². The molecule has 1 aromatic carbocycles. The van der Waals surface area contributed by atoms with Crippen molar-refractivity contribution < 1.29 is 17.9 Å². The molecule has 0 bridgehead atoms. The summed E-state index contributed by atoms with van der Waals surface area (Å²) in [6, 6.07) is 6.33. The van der Waals surface area contributed by atoms with Crippen LogP contribution >= 0.6 is 39.1 Å². The zero-order chi connectivity index (χ0) is 15.6. The van der Waals surface area contributed by atoms with E-state index >= 15 is 0 Å². The Bertz CT molecular complexity index is 613. The van der Waals surface area contributed by atoms with Crippen LogP contribution in [0.2, 0.25) is 10.0 Å². The predicted molar refractivity (Wildman–Crippen MR) is 81.5 cm³/mol. The number of benzene rings is 1. The number of ether oxygens (including phenoxy) is 1. The van der Waals surface area contributed by atoms with E-state index in [-0.39, 0.29) is 21.8 Å². The first-order valence-electron chi connectivity index (χ1n) is 5.82. The summed E-state index contributed by atoms with van der Waals surface area (Å²) in [6.45, 7) is -1.12. The molecular weight excluding hydrogens is 391 g/mol. The van der Waals surface area contributed by atoms with Gasteiger partial charge in [-0.3, -0.25) is 0 Å². The lowest BCUT2D eigenvalue weighted by Gasteiger charge is -2.15. The SMILES string of the molecule is CC(Nc1cc(Cl)c(OC(F)F)c(Cl)c1)c1ccc(Br)o1. The summed E-state index contributed by atoms with van der Waals surface area (Å²) in [7, 11) is 0. The highest BCUT2D eigenvalue weighted by Gasteiger charge is 2.16. The zero-order valence-corrected chi connectivity index (χ0v) is 13.8. The molecule has 0 fully saturated rings. The van der Waals surface area contributed by atoms with E-state index in [1.807, 2.05) is 6.92 Å². The molecule has 1 aromatic heterocycles. The standard InChI is InChI=1S/C13H10BrCl2F2NO2/c1-6(10-2-3-11(14)20-10)19-7-4-8(15)12(9(16)5-7)21-13(17)18/h2-6,13,19H,1H3. The van der Waals surface area contributed by atoms with E-state index in [9.17, 15) is 8.78 Å². The maximum absolute atomic E-state index is 12.2. The fraction of sp³-hybridized carbons (Fsp3) is 0.231. The van der Waals surface area contributed by atoms with Gasteiger partial charge in [0.15, 0.2) is 10.4 Å². The Morgan fingerprint density at radius 3 is 2.33 bits per heavy atom. The number of alkyl halides is 2. The number of hydrogen-bond acceptors (Lipinski definition) is 3. The molecule has 1 atom stereocenters. The minimum Gasteiger partial charge on any atom is -0.452 e. The first-order valence-corrected chi connectivity index (χ1v) is 7.37. The molecule has 114 valence electrons. The van der Waals surface area contributed by atoms with Crippen molar-refractivity contribution in [3.63, 3.8) is 0 Å². The number of nitrogens with one attached hydrogen (secondary N) is 1. The fourth-order valence-corrected chi connectivity index (χ4v) is 2.62. The summed E-state index contributed by atoms with van der Waals surface area (Å²) < 4.78 is 34.8. The smallest absolute Gasteiger partial charge is 0.387 e. The van der Waals surface area contributed by atoms with E-state index in [1.54, 1.807) is 12.1 Å². The average Bonchev–Trinajstić information content (AvgIpc) is 2.80. The van der Waals surface area contributed by atoms with Crippen molar-refractivity contribution in [3.8, 4) is 5.75 Å². The van der Waals surface area contributed by atoms with Gasteiger partial charge >= 0.3 is 6.61 Å². The molecule has 0 aliphatic carbocycles. The largest absolute Gasteiger partial charge is 0.452 e. The highest BCUT2D eigenvalue weighted by atomic mass is 79.9. The van der Waals surface area contributed by atoms with Gasteiger partial charge in [-0.05, 0) is 47.1 Å². The average molecular weight is 401 g/mol. The van der Waals surface area contributed by atoms with Gasteiger partial charge in [-0.15, -0.1) is 0 Å². The lowest BCUT2D eigenvalue weighted by atomic mass is 10.2. The van der Waals surface area contributed by atoms with Crippen LogP contribution in [0, 0.1) is 0 Å². The third-order valence-corrected chi connectivity index (χ3v) is 3.60. The van der Waals surface area contributed by atoms with Crippen LogP contribution in [0.3, 0.4) is 0 Å². The normalized spacial score (nSPS) is 12.5. The number of halogens is 5. The summed E-state index contributed by atoms with van der Waals surface area (Å²) >= 11 is 15.0. The van der Waals surface area contributed by atoms with Crippen LogP contribution in [0.25, 0.3) is 0 Å². The Balaban J connectivity index is 2.18. The molecule has 2 rings (SSSR count). The predicted octanol–water partition coefficient (Wildman–Crippen LogP) is 6.12. The summed E-state index contributed by atoms with van der Waals surface area (Å²) in [6.07, 6.45) is 0. The Hall–Kier alpha value is -0.980. The van der Waals surface area contributed by atoms with Crippen LogP contribution in [0.4, 0.5) is 14.5 Å². The van der Waals surface area contributed by atoms with E-state index in [2.05, 4.69) is 26.0 Å². The quantitative estimate of drug-likeness (QED) is 0.656. The first kappa shape index (κ1) is 16.4. The van der Waals surface area contributed by atoms with Gasteiger partial charge in [0.05, 0.1) is 16.1 Å². The van der Waals surface area contributed by atoms with Gasteiger partial charge in [0.1, 0.15) is 5.76 Å². The third-order valence-electron chi connectivity index (χ3n) is 2.61. The topological polar surface area (TPSA) is 34.4 Å². The van der Waals surface area contributed by atoms with Crippen molar-refractivity contribution in [1.82, 2.24) is 0 Å². The van der Waals surface area contributed by atoms with Crippen LogP contribution in [0.15, 0.2) is 33.4 Å². The summed E-state index contributed by atoms with van der Waals surface area (Å²) in [5.74, 6) is 0.453. The molecule has 8 heteroatoms. The molecule has 0 aliphatic heterocycles. The highest BCUT2D eigenvalue weighted by molar-refractivity contribution is 9.10. The number of hydrogen-bond donors (Lipinski definition) is 1. The molecular formula is C13H10BrCl2F2NO2. The fourth-order valence-electron chi connectivity index (χ4n) is 1.73. The minimum absolute atomic E-state index is 0.00174. The van der Waals surface area contributed by atoms with E-state index in [0.717, 1.165) is 0 Å². The molecule has 0 aliphatic rings. The molecule has 0 radical (unpaired) electrons. The van der Waals surface area contributed by atoms with Gasteiger partial charge in [0.25, 0.3) is 0 Å². The van der Waals surface area contributed by atoms with Gasteiger partial charge in [-0.2, -0.15) is 8.78 Å². The molecule has 0 saturated carbocycles. The van der Waals surface area contributed by atoms with Crippen molar-refractivity contribution in [1.29, 1.82) is 0 Å². The van der Waals surface area contributed by atoms with E-state index in [0.29, 0.717) is 16.1 Å². The van der Waals surface area contributed by atoms with Crippen LogP contribution in [-0.4, -0.2) is 6.61 Å². The molecule has 21 heavy (non-hydrogen) atoms. The lowest BCUT2D eigenvalue weighted by Crippen LogP contribution is -2.07. The van der Waals surface area contributed by atoms with Gasteiger partial charge < -0.3 is 14.5 Å². The zero-order valence-electron chi connectivity index (χ0n) is 10.7. The van der Waals surface area contributed by atoms with Crippen molar-refractivity contribution >= 4 is 44.8 Å². The van der Waals surface area contributed by atoms with Crippen LogP contribution < -0.4 is 10.1 Å². The van der Waals surface area contributed by atoms with Crippen molar-refractivity contribution in [3.05, 3.63) is 44.7 Å². The number of anilines is 1.